The van der Waals surface area contributed by atoms with Gasteiger partial charge in [-0.2, -0.15) is 0 Å². The summed E-state index contributed by atoms with van der Waals surface area (Å²) in [5.41, 5.74) is 0.693. The summed E-state index contributed by atoms with van der Waals surface area (Å²) < 4.78 is 14.1. The van der Waals surface area contributed by atoms with E-state index >= 15 is 0 Å². The van der Waals surface area contributed by atoms with Crippen molar-refractivity contribution in [3.05, 3.63) is 57.6 Å². The molecule has 5 nitrogen and oxygen atoms in total. The minimum atomic E-state index is -0.582. The summed E-state index contributed by atoms with van der Waals surface area (Å²) in [6.07, 6.45) is 1.42. The second-order valence-electron chi connectivity index (χ2n) is 4.52. The minimum absolute atomic E-state index is 0.0176. The summed E-state index contributed by atoms with van der Waals surface area (Å²) >= 11 is 12.3. The number of hydrazine groups is 1. The molecule has 3 rings (SSSR count). The van der Waals surface area contributed by atoms with Crippen LogP contribution in [0.4, 0.5) is 10.1 Å². The van der Waals surface area contributed by atoms with Crippen molar-refractivity contribution >= 4 is 40.5 Å². The maximum atomic E-state index is 14.1. The number of aromatic nitrogens is 1. The molecule has 0 fully saturated rings. The molecule has 0 atom stereocenters. The van der Waals surface area contributed by atoms with Crippen LogP contribution in [-0.4, -0.2) is 23.1 Å². The molecule has 0 radical (unpaired) electrons. The molecule has 112 valence electrons. The first kappa shape index (κ1) is 14.9. The molecule has 0 aliphatic carbocycles. The molecule has 0 saturated carbocycles. The molecule has 0 bridgehead atoms. The van der Waals surface area contributed by atoms with Crippen molar-refractivity contribution in [1.82, 2.24) is 4.98 Å². The van der Waals surface area contributed by atoms with Gasteiger partial charge in [0.1, 0.15) is 12.2 Å². The largest absolute Gasteiger partial charge is 0.272 e. The van der Waals surface area contributed by atoms with Gasteiger partial charge in [0, 0.05) is 11.8 Å². The van der Waals surface area contributed by atoms with Gasteiger partial charge in [0.15, 0.2) is 5.82 Å². The predicted molar refractivity (Wildman–Crippen MR) is 82.8 cm³/mol. The highest BCUT2D eigenvalue weighted by Gasteiger charge is 2.28. The standard InChI is InChI=1S/C14H9Cl2FN4O/c15-7-3-4-9-11(12(7)16)14(20-6-10(22)21(9)18)13-8(17)2-1-5-19-13/h1-5H,6,18H2. The van der Waals surface area contributed by atoms with E-state index in [0.717, 1.165) is 5.01 Å². The van der Waals surface area contributed by atoms with Gasteiger partial charge in [-0.3, -0.25) is 14.8 Å². The number of aliphatic imine (C=N–C) groups is 1. The zero-order chi connectivity index (χ0) is 15.9. The number of benzene rings is 1. The fourth-order valence-corrected chi connectivity index (χ4v) is 2.56. The van der Waals surface area contributed by atoms with Crippen LogP contribution in [0.3, 0.4) is 0 Å². The van der Waals surface area contributed by atoms with E-state index in [1.807, 2.05) is 0 Å². The molecule has 1 aromatic carbocycles. The van der Waals surface area contributed by atoms with Gasteiger partial charge in [0.2, 0.25) is 0 Å². The van der Waals surface area contributed by atoms with Crippen molar-refractivity contribution in [1.29, 1.82) is 0 Å². The number of hydrogen-bond acceptors (Lipinski definition) is 4. The molecule has 1 amide bonds. The first-order valence-corrected chi connectivity index (χ1v) is 6.97. The van der Waals surface area contributed by atoms with E-state index in [-0.39, 0.29) is 33.6 Å². The first-order valence-electron chi connectivity index (χ1n) is 6.22. The predicted octanol–water partition coefficient (Wildman–Crippen LogP) is 2.59. The van der Waals surface area contributed by atoms with Crippen molar-refractivity contribution in [2.45, 2.75) is 0 Å². The number of pyridine rings is 1. The van der Waals surface area contributed by atoms with Gasteiger partial charge in [-0.25, -0.2) is 15.2 Å². The Labute approximate surface area is 135 Å². The maximum absolute atomic E-state index is 14.1. The Bertz CT molecular complexity index is 809. The molecule has 2 heterocycles. The normalized spacial score (nSPS) is 14.5. The van der Waals surface area contributed by atoms with Crippen LogP contribution in [0.2, 0.25) is 10.0 Å². The Kier molecular flexibility index (Phi) is 3.82. The van der Waals surface area contributed by atoms with Gasteiger partial charge in [-0.05, 0) is 24.3 Å². The third kappa shape index (κ3) is 2.35. The number of carbonyl (C=O) groups is 1. The number of amides is 1. The first-order chi connectivity index (χ1) is 10.5. The highest BCUT2D eigenvalue weighted by atomic mass is 35.5. The van der Waals surface area contributed by atoms with Gasteiger partial charge in [-0.15, -0.1) is 0 Å². The Morgan fingerprint density at radius 2 is 2.05 bits per heavy atom. The van der Waals surface area contributed by atoms with Gasteiger partial charge in [-0.1, -0.05) is 23.2 Å². The van der Waals surface area contributed by atoms with Gasteiger partial charge in [0.05, 0.1) is 21.4 Å². The van der Waals surface area contributed by atoms with Gasteiger partial charge in [0.25, 0.3) is 5.91 Å². The number of fused-ring (bicyclic) bond motifs is 1. The van der Waals surface area contributed by atoms with Crippen molar-refractivity contribution in [2.75, 3.05) is 11.6 Å². The highest BCUT2D eigenvalue weighted by molar-refractivity contribution is 6.45. The van der Waals surface area contributed by atoms with Crippen molar-refractivity contribution in [2.24, 2.45) is 10.8 Å². The molecule has 8 heteroatoms. The molecular formula is C14H9Cl2FN4O. The summed E-state index contributed by atoms with van der Waals surface area (Å²) in [6.45, 7) is -0.246. The lowest BCUT2D eigenvalue weighted by Gasteiger charge is -2.18. The highest BCUT2D eigenvalue weighted by Crippen LogP contribution is 2.36. The molecule has 2 N–H and O–H groups in total. The van der Waals surface area contributed by atoms with Crippen molar-refractivity contribution in [3.8, 4) is 0 Å². The lowest BCUT2D eigenvalue weighted by molar-refractivity contribution is -0.117. The van der Waals surface area contributed by atoms with Crippen LogP contribution in [0.5, 0.6) is 0 Å². The molecule has 1 aliphatic heterocycles. The number of nitrogens with zero attached hydrogens (tertiary/aromatic N) is 3. The molecule has 0 spiro atoms. The zero-order valence-corrected chi connectivity index (χ0v) is 12.6. The summed E-state index contributed by atoms with van der Waals surface area (Å²) in [6, 6.07) is 5.74. The minimum Gasteiger partial charge on any atom is -0.272 e. The third-order valence-electron chi connectivity index (χ3n) is 3.19. The molecule has 0 unspecified atom stereocenters. The van der Waals surface area contributed by atoms with E-state index in [1.165, 1.54) is 30.5 Å². The average Bonchev–Trinajstić information content (AvgIpc) is 2.63. The fourth-order valence-electron chi connectivity index (χ4n) is 2.16. The monoisotopic (exact) mass is 338 g/mol. The van der Waals surface area contributed by atoms with E-state index in [4.69, 9.17) is 29.0 Å². The summed E-state index contributed by atoms with van der Waals surface area (Å²) in [4.78, 5) is 20.1. The van der Waals surface area contributed by atoms with E-state index in [2.05, 4.69) is 9.98 Å². The fraction of sp³-hybridized carbons (Fsp3) is 0.0714. The van der Waals surface area contributed by atoms with Crippen LogP contribution in [0, 0.1) is 5.82 Å². The Hall–Kier alpha value is -2.02. The van der Waals surface area contributed by atoms with Crippen LogP contribution in [0.1, 0.15) is 11.3 Å². The Balaban J connectivity index is 2.33. The topological polar surface area (TPSA) is 71.6 Å². The summed E-state index contributed by atoms with van der Waals surface area (Å²) in [7, 11) is 0. The Morgan fingerprint density at radius 1 is 1.27 bits per heavy atom. The van der Waals surface area contributed by atoms with E-state index < -0.39 is 11.7 Å². The van der Waals surface area contributed by atoms with Crippen molar-refractivity contribution < 1.29 is 9.18 Å². The lowest BCUT2D eigenvalue weighted by Crippen LogP contribution is -2.38. The maximum Gasteiger partial charge on any atom is 0.262 e. The molecular weight excluding hydrogens is 330 g/mol. The SMILES string of the molecule is NN1C(=O)CN=C(c2ncccc2F)c2c1ccc(Cl)c2Cl. The zero-order valence-electron chi connectivity index (χ0n) is 11.1. The van der Waals surface area contributed by atoms with Gasteiger partial charge < -0.3 is 0 Å². The number of nitrogens with two attached hydrogens (primary N) is 1. The molecule has 1 aliphatic rings. The quantitative estimate of drug-likeness (QED) is 0.641. The molecule has 22 heavy (non-hydrogen) atoms. The van der Waals surface area contributed by atoms with Crippen LogP contribution in [-0.2, 0) is 4.79 Å². The summed E-state index contributed by atoms with van der Waals surface area (Å²) in [5, 5.41) is 1.30. The Morgan fingerprint density at radius 3 is 2.77 bits per heavy atom. The second-order valence-corrected chi connectivity index (χ2v) is 5.30. The lowest BCUT2D eigenvalue weighted by atomic mass is 10.0. The average molecular weight is 339 g/mol. The van der Waals surface area contributed by atoms with Crippen LogP contribution >= 0.6 is 23.2 Å². The third-order valence-corrected chi connectivity index (χ3v) is 4.00. The molecule has 1 aromatic heterocycles. The summed E-state index contributed by atoms with van der Waals surface area (Å²) in [5.74, 6) is 4.75. The number of hydrogen-bond donors (Lipinski definition) is 1. The van der Waals surface area contributed by atoms with E-state index in [0.29, 0.717) is 5.69 Å². The number of carbonyl (C=O) groups excluding carboxylic acids is 1. The smallest absolute Gasteiger partial charge is 0.262 e. The van der Waals surface area contributed by atoms with E-state index in [9.17, 15) is 9.18 Å². The van der Waals surface area contributed by atoms with Crippen LogP contribution in [0.25, 0.3) is 0 Å². The molecule has 2 aromatic rings. The number of anilines is 1. The second kappa shape index (κ2) is 5.64. The van der Waals surface area contributed by atoms with Gasteiger partial charge >= 0.3 is 0 Å². The van der Waals surface area contributed by atoms with E-state index in [1.54, 1.807) is 0 Å². The molecule has 0 saturated heterocycles. The van der Waals surface area contributed by atoms with Crippen LogP contribution < -0.4 is 10.9 Å². The number of benzodiazepines with no additional fused rings is 1. The van der Waals surface area contributed by atoms with Crippen molar-refractivity contribution in [3.63, 3.8) is 0 Å². The van der Waals surface area contributed by atoms with Crippen LogP contribution in [0.15, 0.2) is 35.5 Å². The number of halogens is 3. The number of rotatable bonds is 1.